The standard InChI is InChI=1S/C14H18FNO3/c1-9-4-5-16(12(9)8-17)7-14(19)11-6-10(15)2-3-13(11)18/h2-3,6,9,12,17-18H,4-5,7-8H2,1H3. The van der Waals surface area contributed by atoms with Gasteiger partial charge in [-0.3, -0.25) is 9.69 Å². The number of aromatic hydroxyl groups is 1. The Morgan fingerprint density at radius 1 is 1.53 bits per heavy atom. The van der Waals surface area contributed by atoms with Gasteiger partial charge in [0.2, 0.25) is 0 Å². The van der Waals surface area contributed by atoms with Gasteiger partial charge in [-0.05, 0) is 37.1 Å². The molecule has 1 aliphatic rings. The molecule has 0 saturated carbocycles. The van der Waals surface area contributed by atoms with Crippen molar-refractivity contribution in [3.63, 3.8) is 0 Å². The molecule has 1 saturated heterocycles. The second kappa shape index (κ2) is 5.67. The van der Waals surface area contributed by atoms with Crippen LogP contribution < -0.4 is 0 Å². The van der Waals surface area contributed by atoms with E-state index in [0.29, 0.717) is 5.92 Å². The van der Waals surface area contributed by atoms with Crippen LogP contribution >= 0.6 is 0 Å². The number of halogens is 1. The fraction of sp³-hybridized carbons (Fsp3) is 0.500. The summed E-state index contributed by atoms with van der Waals surface area (Å²) in [5.74, 6) is -0.753. The molecule has 104 valence electrons. The highest BCUT2D eigenvalue weighted by atomic mass is 19.1. The van der Waals surface area contributed by atoms with E-state index < -0.39 is 5.82 Å². The van der Waals surface area contributed by atoms with Crippen molar-refractivity contribution in [1.29, 1.82) is 0 Å². The molecule has 2 rings (SSSR count). The average Bonchev–Trinajstić information content (AvgIpc) is 2.72. The minimum absolute atomic E-state index is 0.00348. The van der Waals surface area contributed by atoms with Gasteiger partial charge in [0.05, 0.1) is 18.7 Å². The van der Waals surface area contributed by atoms with Gasteiger partial charge in [-0.15, -0.1) is 0 Å². The summed E-state index contributed by atoms with van der Waals surface area (Å²) in [6, 6.07) is 3.30. The molecule has 2 N–H and O–H groups in total. The number of carbonyl (C=O) groups excluding carboxylic acids is 1. The third-order valence-electron chi connectivity index (χ3n) is 3.79. The highest BCUT2D eigenvalue weighted by Crippen LogP contribution is 2.25. The van der Waals surface area contributed by atoms with Crippen molar-refractivity contribution in [1.82, 2.24) is 4.90 Å². The van der Waals surface area contributed by atoms with Gasteiger partial charge in [-0.2, -0.15) is 0 Å². The number of carbonyl (C=O) groups is 1. The maximum atomic E-state index is 13.1. The summed E-state index contributed by atoms with van der Waals surface area (Å²) < 4.78 is 13.1. The SMILES string of the molecule is CC1CCN(CC(=O)c2cc(F)ccc2O)C1CO. The number of rotatable bonds is 4. The number of phenols is 1. The van der Waals surface area contributed by atoms with E-state index in [1.54, 1.807) is 0 Å². The highest BCUT2D eigenvalue weighted by molar-refractivity contribution is 6.00. The molecule has 0 aromatic heterocycles. The molecule has 0 bridgehead atoms. The Labute approximate surface area is 111 Å². The summed E-state index contributed by atoms with van der Waals surface area (Å²) in [5, 5.41) is 18.9. The van der Waals surface area contributed by atoms with Gasteiger partial charge in [0, 0.05) is 6.04 Å². The number of Topliss-reactive ketones (excluding diaryl/α,β-unsaturated/α-hetero) is 1. The van der Waals surface area contributed by atoms with E-state index in [2.05, 4.69) is 0 Å². The zero-order valence-corrected chi connectivity index (χ0v) is 10.8. The average molecular weight is 267 g/mol. The lowest BCUT2D eigenvalue weighted by Gasteiger charge is -2.24. The quantitative estimate of drug-likeness (QED) is 0.810. The van der Waals surface area contributed by atoms with E-state index in [4.69, 9.17) is 0 Å². The summed E-state index contributed by atoms with van der Waals surface area (Å²) >= 11 is 0. The number of benzene rings is 1. The molecule has 2 unspecified atom stereocenters. The van der Waals surface area contributed by atoms with Crippen molar-refractivity contribution in [2.24, 2.45) is 5.92 Å². The Morgan fingerprint density at radius 2 is 2.26 bits per heavy atom. The van der Waals surface area contributed by atoms with E-state index in [-0.39, 0.29) is 36.3 Å². The van der Waals surface area contributed by atoms with E-state index >= 15 is 0 Å². The Bertz CT molecular complexity index is 478. The zero-order chi connectivity index (χ0) is 14.0. The van der Waals surface area contributed by atoms with Crippen molar-refractivity contribution in [2.75, 3.05) is 19.7 Å². The first kappa shape index (κ1) is 14.0. The highest BCUT2D eigenvalue weighted by Gasteiger charge is 2.32. The molecular weight excluding hydrogens is 249 g/mol. The van der Waals surface area contributed by atoms with Crippen LogP contribution in [0.15, 0.2) is 18.2 Å². The Kier molecular flexibility index (Phi) is 4.17. The number of aliphatic hydroxyl groups is 1. The molecule has 1 heterocycles. The van der Waals surface area contributed by atoms with E-state index in [0.717, 1.165) is 25.1 Å². The first-order chi connectivity index (χ1) is 9.02. The van der Waals surface area contributed by atoms with Gasteiger partial charge in [-0.25, -0.2) is 4.39 Å². The van der Waals surface area contributed by atoms with Gasteiger partial charge in [0.15, 0.2) is 5.78 Å². The van der Waals surface area contributed by atoms with Crippen LogP contribution in [-0.4, -0.2) is 46.6 Å². The fourth-order valence-electron chi connectivity index (χ4n) is 2.58. The molecule has 1 aromatic rings. The molecule has 19 heavy (non-hydrogen) atoms. The first-order valence-electron chi connectivity index (χ1n) is 6.39. The van der Waals surface area contributed by atoms with Crippen molar-refractivity contribution < 1.29 is 19.4 Å². The number of phenolic OH excluding ortho intramolecular Hbond substituents is 1. The molecule has 1 aromatic carbocycles. The fourth-order valence-corrected chi connectivity index (χ4v) is 2.58. The summed E-state index contributed by atoms with van der Waals surface area (Å²) in [6.45, 7) is 2.86. The minimum Gasteiger partial charge on any atom is -0.507 e. The van der Waals surface area contributed by atoms with Crippen molar-refractivity contribution in [2.45, 2.75) is 19.4 Å². The van der Waals surface area contributed by atoms with Gasteiger partial charge in [0.25, 0.3) is 0 Å². The smallest absolute Gasteiger partial charge is 0.180 e. The molecule has 0 radical (unpaired) electrons. The Morgan fingerprint density at radius 3 is 2.95 bits per heavy atom. The predicted molar refractivity (Wildman–Crippen MR) is 68.6 cm³/mol. The number of nitrogens with zero attached hydrogens (tertiary/aromatic N) is 1. The molecule has 0 amide bonds. The van der Waals surface area contributed by atoms with Gasteiger partial charge >= 0.3 is 0 Å². The first-order valence-corrected chi connectivity index (χ1v) is 6.39. The zero-order valence-electron chi connectivity index (χ0n) is 10.8. The number of ketones is 1. The van der Waals surface area contributed by atoms with Crippen LogP contribution in [0.5, 0.6) is 5.75 Å². The lowest BCUT2D eigenvalue weighted by atomic mass is 10.0. The number of aliphatic hydroxyl groups excluding tert-OH is 1. The normalized spacial score (nSPS) is 23.7. The molecule has 1 fully saturated rings. The molecule has 1 aliphatic heterocycles. The molecule has 0 aliphatic carbocycles. The summed E-state index contributed by atoms with van der Waals surface area (Å²) in [5.41, 5.74) is -0.00348. The second-order valence-electron chi connectivity index (χ2n) is 5.07. The third kappa shape index (κ3) is 2.93. The monoisotopic (exact) mass is 267 g/mol. The number of hydrogen-bond donors (Lipinski definition) is 2. The van der Waals surface area contributed by atoms with Crippen molar-refractivity contribution >= 4 is 5.78 Å². The summed E-state index contributed by atoms with van der Waals surface area (Å²) in [4.78, 5) is 14.0. The second-order valence-corrected chi connectivity index (χ2v) is 5.07. The van der Waals surface area contributed by atoms with Gasteiger partial charge in [-0.1, -0.05) is 6.92 Å². The Balaban J connectivity index is 2.11. The summed E-state index contributed by atoms with van der Waals surface area (Å²) in [6.07, 6.45) is 0.924. The molecular formula is C14H18FNO3. The van der Waals surface area contributed by atoms with E-state index in [1.165, 1.54) is 6.07 Å². The Hall–Kier alpha value is -1.46. The number of likely N-dealkylation sites (tertiary alicyclic amines) is 1. The lowest BCUT2D eigenvalue weighted by molar-refractivity contribution is 0.0863. The van der Waals surface area contributed by atoms with Crippen LogP contribution in [0.25, 0.3) is 0 Å². The molecule has 4 nitrogen and oxygen atoms in total. The van der Waals surface area contributed by atoms with Crippen LogP contribution in [0.1, 0.15) is 23.7 Å². The van der Waals surface area contributed by atoms with E-state index in [1.807, 2.05) is 11.8 Å². The van der Waals surface area contributed by atoms with Crippen molar-refractivity contribution in [3.8, 4) is 5.75 Å². The lowest BCUT2D eigenvalue weighted by Crippen LogP contribution is -2.38. The maximum Gasteiger partial charge on any atom is 0.180 e. The molecule has 2 atom stereocenters. The largest absolute Gasteiger partial charge is 0.507 e. The van der Waals surface area contributed by atoms with Crippen molar-refractivity contribution in [3.05, 3.63) is 29.6 Å². The maximum absolute atomic E-state index is 13.1. The van der Waals surface area contributed by atoms with E-state index in [9.17, 15) is 19.4 Å². The van der Waals surface area contributed by atoms with Gasteiger partial charge in [0.1, 0.15) is 11.6 Å². The van der Waals surface area contributed by atoms with Crippen LogP contribution in [0.3, 0.4) is 0 Å². The van der Waals surface area contributed by atoms with Gasteiger partial charge < -0.3 is 10.2 Å². The topological polar surface area (TPSA) is 60.8 Å². The summed E-state index contributed by atoms with van der Waals surface area (Å²) in [7, 11) is 0. The number of hydrogen-bond acceptors (Lipinski definition) is 4. The predicted octanol–water partition coefficient (Wildman–Crippen LogP) is 1.42. The van der Waals surface area contributed by atoms with Crippen LogP contribution in [-0.2, 0) is 0 Å². The minimum atomic E-state index is -0.547. The molecule has 0 spiro atoms. The van der Waals surface area contributed by atoms with Crippen LogP contribution in [0, 0.1) is 11.7 Å². The molecule has 5 heteroatoms. The third-order valence-corrected chi connectivity index (χ3v) is 3.79. The van der Waals surface area contributed by atoms with Crippen LogP contribution in [0.2, 0.25) is 0 Å². The van der Waals surface area contributed by atoms with Crippen LogP contribution in [0.4, 0.5) is 4.39 Å².